The Morgan fingerprint density at radius 2 is 1.86 bits per heavy atom. The fourth-order valence-electron chi connectivity index (χ4n) is 2.08. The molecule has 6 heteroatoms. The molecule has 110 valence electrons. The van der Waals surface area contributed by atoms with E-state index in [-0.39, 0.29) is 5.56 Å². The molecule has 0 aliphatic heterocycles. The Balaban J connectivity index is 2.70. The summed E-state index contributed by atoms with van der Waals surface area (Å²) in [6.45, 7) is 0. The molecule has 1 N–H and O–H groups in total. The number of carboxylic acid groups (broad SMARTS) is 1. The van der Waals surface area contributed by atoms with Crippen LogP contribution < -0.4 is 15.0 Å². The van der Waals surface area contributed by atoms with Crippen LogP contribution >= 0.6 is 0 Å². The van der Waals surface area contributed by atoms with Crippen LogP contribution in [0.5, 0.6) is 11.5 Å². The maximum absolute atomic E-state index is 12.1. The average Bonchev–Trinajstić information content (AvgIpc) is 2.49. The Morgan fingerprint density at radius 1 is 1.14 bits per heavy atom. The number of carboxylic acids is 1. The standard InChI is InChI=1S/C15H15NO5/c1-16-12(6-5-10(14(16)17)15(18)19)11-8-9(20-2)4-7-13(11)21-3/h4-8H,1-3H3,(H,18,19). The fourth-order valence-corrected chi connectivity index (χ4v) is 2.08. The maximum Gasteiger partial charge on any atom is 0.341 e. The van der Waals surface area contributed by atoms with E-state index in [2.05, 4.69) is 0 Å². The van der Waals surface area contributed by atoms with Crippen LogP contribution in [-0.2, 0) is 7.05 Å². The quantitative estimate of drug-likeness (QED) is 0.928. The normalized spacial score (nSPS) is 10.2. The van der Waals surface area contributed by atoms with Gasteiger partial charge in [0.25, 0.3) is 5.56 Å². The molecule has 0 saturated carbocycles. The lowest BCUT2D eigenvalue weighted by atomic mass is 10.1. The number of hydrogen-bond donors (Lipinski definition) is 1. The van der Waals surface area contributed by atoms with Gasteiger partial charge in [-0.15, -0.1) is 0 Å². The molecule has 0 unspecified atom stereocenters. The van der Waals surface area contributed by atoms with E-state index in [1.54, 1.807) is 24.3 Å². The molecule has 0 atom stereocenters. The minimum Gasteiger partial charge on any atom is -0.497 e. The molecule has 2 aromatic rings. The number of rotatable bonds is 4. The van der Waals surface area contributed by atoms with Gasteiger partial charge in [0.15, 0.2) is 0 Å². The van der Waals surface area contributed by atoms with Gasteiger partial charge in [0.05, 0.1) is 19.9 Å². The molecule has 6 nitrogen and oxygen atoms in total. The van der Waals surface area contributed by atoms with Crippen molar-refractivity contribution < 1.29 is 19.4 Å². The molecule has 0 amide bonds. The molecule has 21 heavy (non-hydrogen) atoms. The van der Waals surface area contributed by atoms with Gasteiger partial charge in [-0.1, -0.05) is 0 Å². The van der Waals surface area contributed by atoms with Crippen LogP contribution in [0.15, 0.2) is 35.1 Å². The summed E-state index contributed by atoms with van der Waals surface area (Å²) in [6, 6.07) is 8.06. The zero-order valence-corrected chi connectivity index (χ0v) is 11.9. The van der Waals surface area contributed by atoms with E-state index in [4.69, 9.17) is 14.6 Å². The average molecular weight is 289 g/mol. The fraction of sp³-hybridized carbons (Fsp3) is 0.200. The number of benzene rings is 1. The van der Waals surface area contributed by atoms with Gasteiger partial charge in [0.1, 0.15) is 17.1 Å². The predicted molar refractivity (Wildman–Crippen MR) is 77.2 cm³/mol. The molecule has 0 fully saturated rings. The van der Waals surface area contributed by atoms with Crippen molar-refractivity contribution in [1.82, 2.24) is 4.57 Å². The highest BCUT2D eigenvalue weighted by Crippen LogP contribution is 2.32. The Hall–Kier alpha value is -2.76. The van der Waals surface area contributed by atoms with Gasteiger partial charge in [-0.3, -0.25) is 4.79 Å². The van der Waals surface area contributed by atoms with Crippen LogP contribution in [0, 0.1) is 0 Å². The number of carbonyl (C=O) groups is 1. The molecular formula is C15H15NO5. The molecule has 1 aromatic heterocycles. The number of pyridine rings is 1. The minimum atomic E-state index is -1.25. The molecule has 0 bridgehead atoms. The number of aromatic nitrogens is 1. The van der Waals surface area contributed by atoms with E-state index in [9.17, 15) is 9.59 Å². The monoisotopic (exact) mass is 289 g/mol. The van der Waals surface area contributed by atoms with Gasteiger partial charge < -0.3 is 19.1 Å². The largest absolute Gasteiger partial charge is 0.497 e. The first-order valence-electron chi connectivity index (χ1n) is 6.15. The first kappa shape index (κ1) is 14.6. The van der Waals surface area contributed by atoms with Crippen LogP contribution in [0.4, 0.5) is 0 Å². The lowest BCUT2D eigenvalue weighted by Crippen LogP contribution is -2.25. The Morgan fingerprint density at radius 3 is 2.43 bits per heavy atom. The summed E-state index contributed by atoms with van der Waals surface area (Å²) in [6.07, 6.45) is 0. The Labute approximate surface area is 121 Å². The van der Waals surface area contributed by atoms with Gasteiger partial charge in [0.2, 0.25) is 0 Å². The van der Waals surface area contributed by atoms with E-state index in [1.165, 1.54) is 31.9 Å². The summed E-state index contributed by atoms with van der Waals surface area (Å²) in [7, 11) is 4.58. The Kier molecular flexibility index (Phi) is 3.98. The summed E-state index contributed by atoms with van der Waals surface area (Å²) in [5, 5.41) is 8.98. The van der Waals surface area contributed by atoms with Crippen molar-refractivity contribution in [1.29, 1.82) is 0 Å². The van der Waals surface area contributed by atoms with Crippen molar-refractivity contribution in [3.8, 4) is 22.8 Å². The van der Waals surface area contributed by atoms with Gasteiger partial charge in [-0.25, -0.2) is 4.79 Å². The molecular weight excluding hydrogens is 274 g/mol. The smallest absolute Gasteiger partial charge is 0.341 e. The van der Waals surface area contributed by atoms with Crippen molar-refractivity contribution in [3.05, 3.63) is 46.2 Å². The second kappa shape index (κ2) is 5.70. The summed E-state index contributed by atoms with van der Waals surface area (Å²) in [5.41, 5.74) is 0.335. The second-order valence-corrected chi connectivity index (χ2v) is 4.37. The molecule has 0 spiro atoms. The number of nitrogens with zero attached hydrogens (tertiary/aromatic N) is 1. The maximum atomic E-state index is 12.1. The Bertz CT molecular complexity index is 748. The van der Waals surface area contributed by atoms with Gasteiger partial charge in [-0.05, 0) is 30.3 Å². The van der Waals surface area contributed by atoms with E-state index in [0.29, 0.717) is 22.8 Å². The highest BCUT2D eigenvalue weighted by atomic mass is 16.5. The molecule has 0 aliphatic rings. The predicted octanol–water partition coefficient (Wildman–Crippen LogP) is 1.77. The van der Waals surface area contributed by atoms with Gasteiger partial charge in [-0.2, -0.15) is 0 Å². The van der Waals surface area contributed by atoms with Crippen LogP contribution in [0.3, 0.4) is 0 Å². The third-order valence-electron chi connectivity index (χ3n) is 3.22. The third-order valence-corrected chi connectivity index (χ3v) is 3.22. The van der Waals surface area contributed by atoms with Crippen molar-refractivity contribution in [2.75, 3.05) is 14.2 Å². The topological polar surface area (TPSA) is 77.8 Å². The van der Waals surface area contributed by atoms with Crippen molar-refractivity contribution in [2.45, 2.75) is 0 Å². The van der Waals surface area contributed by atoms with E-state index in [0.717, 1.165) is 0 Å². The van der Waals surface area contributed by atoms with Crippen molar-refractivity contribution in [2.24, 2.45) is 7.05 Å². The summed E-state index contributed by atoms with van der Waals surface area (Å²) in [5.74, 6) is -0.0748. The lowest BCUT2D eigenvalue weighted by Gasteiger charge is -2.14. The first-order chi connectivity index (χ1) is 9.99. The highest BCUT2D eigenvalue weighted by molar-refractivity contribution is 5.87. The number of methoxy groups -OCH3 is 2. The zero-order chi connectivity index (χ0) is 15.6. The lowest BCUT2D eigenvalue weighted by molar-refractivity contribution is 0.0694. The number of aromatic carboxylic acids is 1. The van der Waals surface area contributed by atoms with Crippen LogP contribution in [0.2, 0.25) is 0 Å². The van der Waals surface area contributed by atoms with Crippen LogP contribution in [0.25, 0.3) is 11.3 Å². The number of ether oxygens (including phenoxy) is 2. The first-order valence-corrected chi connectivity index (χ1v) is 6.15. The molecule has 2 rings (SSSR count). The van der Waals surface area contributed by atoms with E-state index < -0.39 is 11.5 Å². The third kappa shape index (κ3) is 2.60. The van der Waals surface area contributed by atoms with Crippen LogP contribution in [0.1, 0.15) is 10.4 Å². The summed E-state index contributed by atoms with van der Waals surface area (Å²) in [4.78, 5) is 23.1. The van der Waals surface area contributed by atoms with Crippen molar-refractivity contribution >= 4 is 5.97 Å². The van der Waals surface area contributed by atoms with Gasteiger partial charge >= 0.3 is 5.97 Å². The highest BCUT2D eigenvalue weighted by Gasteiger charge is 2.15. The number of hydrogen-bond acceptors (Lipinski definition) is 4. The summed E-state index contributed by atoms with van der Waals surface area (Å²) < 4.78 is 11.7. The van der Waals surface area contributed by atoms with E-state index in [1.807, 2.05) is 0 Å². The molecule has 1 heterocycles. The van der Waals surface area contributed by atoms with E-state index >= 15 is 0 Å². The van der Waals surface area contributed by atoms with Crippen LogP contribution in [-0.4, -0.2) is 29.9 Å². The summed E-state index contributed by atoms with van der Waals surface area (Å²) >= 11 is 0. The van der Waals surface area contributed by atoms with Crippen molar-refractivity contribution in [3.63, 3.8) is 0 Å². The molecule has 0 aliphatic carbocycles. The minimum absolute atomic E-state index is 0.275. The molecule has 0 saturated heterocycles. The zero-order valence-electron chi connectivity index (χ0n) is 11.9. The van der Waals surface area contributed by atoms with Gasteiger partial charge in [0, 0.05) is 12.6 Å². The molecule has 1 aromatic carbocycles. The SMILES string of the molecule is COc1ccc(OC)c(-c2ccc(C(=O)O)c(=O)n2C)c1. The second-order valence-electron chi connectivity index (χ2n) is 4.37. The molecule has 0 radical (unpaired) electrons.